The third-order valence-electron chi connectivity index (χ3n) is 2.49. The number of aromatic nitrogens is 1. The SMILES string of the molecule is CCCCCCCNC(=O)c1cccnc1. The molecule has 1 aromatic heterocycles. The monoisotopic (exact) mass is 220 g/mol. The molecule has 0 spiro atoms. The van der Waals surface area contributed by atoms with Gasteiger partial charge in [-0.1, -0.05) is 32.6 Å². The quantitative estimate of drug-likeness (QED) is 0.718. The molecule has 0 radical (unpaired) electrons. The molecule has 3 nitrogen and oxygen atoms in total. The van der Waals surface area contributed by atoms with Gasteiger partial charge in [-0.3, -0.25) is 9.78 Å². The zero-order chi connectivity index (χ0) is 11.6. The molecule has 0 aliphatic heterocycles. The van der Waals surface area contributed by atoms with Crippen LogP contribution in [0.15, 0.2) is 24.5 Å². The van der Waals surface area contributed by atoms with Gasteiger partial charge in [0.15, 0.2) is 0 Å². The second-order valence-corrected chi connectivity index (χ2v) is 3.91. The smallest absolute Gasteiger partial charge is 0.252 e. The first-order valence-electron chi connectivity index (χ1n) is 6.03. The standard InChI is InChI=1S/C13H20N2O/c1-2-3-4-5-6-10-15-13(16)12-8-7-9-14-11-12/h7-9,11H,2-6,10H2,1H3,(H,15,16). The molecule has 0 aliphatic rings. The van der Waals surface area contributed by atoms with Crippen molar-refractivity contribution < 1.29 is 4.79 Å². The molecule has 0 atom stereocenters. The summed E-state index contributed by atoms with van der Waals surface area (Å²) < 4.78 is 0. The number of hydrogen-bond donors (Lipinski definition) is 1. The van der Waals surface area contributed by atoms with E-state index in [4.69, 9.17) is 0 Å². The molecular formula is C13H20N2O. The average Bonchev–Trinajstić information content (AvgIpc) is 2.34. The van der Waals surface area contributed by atoms with Crippen molar-refractivity contribution in [1.29, 1.82) is 0 Å². The second kappa shape index (κ2) is 7.85. The van der Waals surface area contributed by atoms with Gasteiger partial charge in [0.1, 0.15) is 0 Å². The summed E-state index contributed by atoms with van der Waals surface area (Å²) in [6, 6.07) is 3.55. The molecule has 0 aromatic carbocycles. The maximum absolute atomic E-state index is 11.6. The maximum atomic E-state index is 11.6. The molecule has 1 N–H and O–H groups in total. The molecule has 1 amide bonds. The van der Waals surface area contributed by atoms with Gasteiger partial charge in [-0.05, 0) is 18.6 Å². The van der Waals surface area contributed by atoms with Crippen LogP contribution in [0, 0.1) is 0 Å². The minimum Gasteiger partial charge on any atom is -0.352 e. The lowest BCUT2D eigenvalue weighted by atomic mass is 10.1. The van der Waals surface area contributed by atoms with E-state index >= 15 is 0 Å². The average molecular weight is 220 g/mol. The van der Waals surface area contributed by atoms with Gasteiger partial charge in [-0.25, -0.2) is 0 Å². The largest absolute Gasteiger partial charge is 0.352 e. The fourth-order valence-electron chi connectivity index (χ4n) is 1.53. The Morgan fingerprint density at radius 2 is 2.12 bits per heavy atom. The molecule has 0 saturated carbocycles. The Labute approximate surface area is 97.3 Å². The summed E-state index contributed by atoms with van der Waals surface area (Å²) in [5, 5.41) is 2.90. The number of rotatable bonds is 7. The minimum absolute atomic E-state index is 0.0245. The van der Waals surface area contributed by atoms with Crippen molar-refractivity contribution in [2.75, 3.05) is 6.54 Å². The number of carbonyl (C=O) groups excluding carboxylic acids is 1. The number of unbranched alkanes of at least 4 members (excludes halogenated alkanes) is 4. The van der Waals surface area contributed by atoms with Gasteiger partial charge >= 0.3 is 0 Å². The molecule has 1 rings (SSSR count). The third kappa shape index (κ3) is 4.91. The predicted octanol–water partition coefficient (Wildman–Crippen LogP) is 2.78. The van der Waals surface area contributed by atoms with Crippen LogP contribution in [0.4, 0.5) is 0 Å². The highest BCUT2D eigenvalue weighted by molar-refractivity contribution is 5.93. The highest BCUT2D eigenvalue weighted by Crippen LogP contribution is 2.01. The summed E-state index contributed by atoms with van der Waals surface area (Å²) >= 11 is 0. The predicted molar refractivity (Wildman–Crippen MR) is 65.3 cm³/mol. The van der Waals surface area contributed by atoms with E-state index in [2.05, 4.69) is 17.2 Å². The zero-order valence-corrected chi connectivity index (χ0v) is 9.91. The van der Waals surface area contributed by atoms with Gasteiger partial charge in [0, 0.05) is 18.9 Å². The zero-order valence-electron chi connectivity index (χ0n) is 9.91. The highest BCUT2D eigenvalue weighted by Gasteiger charge is 2.02. The van der Waals surface area contributed by atoms with Crippen molar-refractivity contribution >= 4 is 5.91 Å². The van der Waals surface area contributed by atoms with Crippen molar-refractivity contribution in [1.82, 2.24) is 10.3 Å². The van der Waals surface area contributed by atoms with Gasteiger partial charge in [-0.15, -0.1) is 0 Å². The molecule has 0 bridgehead atoms. The molecule has 0 saturated heterocycles. The van der Waals surface area contributed by atoms with E-state index in [-0.39, 0.29) is 5.91 Å². The molecule has 0 aliphatic carbocycles. The second-order valence-electron chi connectivity index (χ2n) is 3.91. The van der Waals surface area contributed by atoms with Crippen LogP contribution in [-0.2, 0) is 0 Å². The van der Waals surface area contributed by atoms with Gasteiger partial charge < -0.3 is 5.32 Å². The fraction of sp³-hybridized carbons (Fsp3) is 0.538. The van der Waals surface area contributed by atoms with E-state index in [9.17, 15) is 4.79 Å². The Hall–Kier alpha value is -1.38. The first-order valence-corrected chi connectivity index (χ1v) is 6.03. The Kier molecular flexibility index (Phi) is 6.23. The first kappa shape index (κ1) is 12.7. The molecule has 1 aromatic rings. The molecule has 1 heterocycles. The summed E-state index contributed by atoms with van der Waals surface area (Å²) in [4.78, 5) is 15.5. The van der Waals surface area contributed by atoms with Crippen LogP contribution in [0.2, 0.25) is 0 Å². The van der Waals surface area contributed by atoms with Crippen molar-refractivity contribution in [3.05, 3.63) is 30.1 Å². The van der Waals surface area contributed by atoms with Crippen LogP contribution in [0.5, 0.6) is 0 Å². The Bertz CT molecular complexity index is 298. The summed E-state index contributed by atoms with van der Waals surface area (Å²) in [7, 11) is 0. The molecule has 16 heavy (non-hydrogen) atoms. The molecule has 0 fully saturated rings. The molecule has 3 heteroatoms. The Morgan fingerprint density at radius 3 is 2.81 bits per heavy atom. The Morgan fingerprint density at radius 1 is 1.31 bits per heavy atom. The maximum Gasteiger partial charge on any atom is 0.252 e. The van der Waals surface area contributed by atoms with E-state index in [1.807, 2.05) is 0 Å². The van der Waals surface area contributed by atoms with Crippen LogP contribution in [0.1, 0.15) is 49.4 Å². The van der Waals surface area contributed by atoms with Crippen LogP contribution in [-0.4, -0.2) is 17.4 Å². The number of nitrogens with zero attached hydrogens (tertiary/aromatic N) is 1. The number of amides is 1. The number of hydrogen-bond acceptors (Lipinski definition) is 2. The van der Waals surface area contributed by atoms with E-state index in [0.717, 1.165) is 13.0 Å². The Balaban J connectivity index is 2.12. The molecule has 0 unspecified atom stereocenters. The van der Waals surface area contributed by atoms with Gasteiger partial charge in [0.2, 0.25) is 0 Å². The van der Waals surface area contributed by atoms with E-state index < -0.39 is 0 Å². The van der Waals surface area contributed by atoms with E-state index in [1.165, 1.54) is 25.7 Å². The topological polar surface area (TPSA) is 42.0 Å². The van der Waals surface area contributed by atoms with E-state index in [1.54, 1.807) is 24.5 Å². The first-order chi connectivity index (χ1) is 7.84. The third-order valence-corrected chi connectivity index (χ3v) is 2.49. The van der Waals surface area contributed by atoms with Crippen LogP contribution in [0.3, 0.4) is 0 Å². The van der Waals surface area contributed by atoms with Crippen LogP contribution < -0.4 is 5.32 Å². The van der Waals surface area contributed by atoms with Gasteiger partial charge in [0.05, 0.1) is 5.56 Å². The highest BCUT2D eigenvalue weighted by atomic mass is 16.1. The molecule has 88 valence electrons. The summed E-state index contributed by atoms with van der Waals surface area (Å²) in [6.07, 6.45) is 9.32. The van der Waals surface area contributed by atoms with Gasteiger partial charge in [0.25, 0.3) is 5.91 Å². The van der Waals surface area contributed by atoms with Crippen molar-refractivity contribution in [2.45, 2.75) is 39.0 Å². The van der Waals surface area contributed by atoms with Crippen LogP contribution in [0.25, 0.3) is 0 Å². The fourth-order valence-corrected chi connectivity index (χ4v) is 1.53. The number of nitrogens with one attached hydrogen (secondary N) is 1. The summed E-state index contributed by atoms with van der Waals surface area (Å²) in [5.41, 5.74) is 0.635. The lowest BCUT2D eigenvalue weighted by Crippen LogP contribution is -2.24. The van der Waals surface area contributed by atoms with Gasteiger partial charge in [-0.2, -0.15) is 0 Å². The lowest BCUT2D eigenvalue weighted by Gasteiger charge is -2.04. The molecular weight excluding hydrogens is 200 g/mol. The lowest BCUT2D eigenvalue weighted by molar-refractivity contribution is 0.0952. The summed E-state index contributed by atoms with van der Waals surface area (Å²) in [5.74, 6) is -0.0245. The minimum atomic E-state index is -0.0245. The van der Waals surface area contributed by atoms with Crippen molar-refractivity contribution in [3.63, 3.8) is 0 Å². The number of pyridine rings is 1. The van der Waals surface area contributed by atoms with Crippen LogP contribution >= 0.6 is 0 Å². The normalized spacial score (nSPS) is 10.1. The van der Waals surface area contributed by atoms with Crippen molar-refractivity contribution in [2.24, 2.45) is 0 Å². The number of carbonyl (C=O) groups is 1. The van der Waals surface area contributed by atoms with Crippen molar-refractivity contribution in [3.8, 4) is 0 Å². The van der Waals surface area contributed by atoms with E-state index in [0.29, 0.717) is 5.56 Å². The summed E-state index contributed by atoms with van der Waals surface area (Å²) in [6.45, 7) is 2.96.